The van der Waals surface area contributed by atoms with Gasteiger partial charge in [-0.05, 0) is 76.4 Å². The van der Waals surface area contributed by atoms with Crippen molar-refractivity contribution in [3.05, 3.63) is 0 Å². The van der Waals surface area contributed by atoms with E-state index < -0.39 is 0 Å². The number of hydrogen-bond donors (Lipinski definition) is 0. The Labute approximate surface area is 144 Å². The molecule has 0 nitrogen and oxygen atoms in total. The fraction of sp³-hybridized carbons (Fsp3) is 1.00. The van der Waals surface area contributed by atoms with Crippen molar-refractivity contribution < 1.29 is 0 Å². The van der Waals surface area contributed by atoms with Gasteiger partial charge in [-0.1, -0.05) is 67.2 Å². The Hall–Kier alpha value is 0. The highest BCUT2D eigenvalue weighted by atomic mass is 15.1. The predicted molar refractivity (Wildman–Crippen MR) is 97.0 cm³/mol. The topological polar surface area (TPSA) is 0 Å². The van der Waals surface area contributed by atoms with Crippen LogP contribution >= 0.6 is 0 Å². The molecule has 0 aromatic rings. The van der Waals surface area contributed by atoms with E-state index in [-0.39, 0.29) is 0 Å². The van der Waals surface area contributed by atoms with Crippen LogP contribution in [0.3, 0.4) is 0 Å². The molecule has 0 N–H and O–H groups in total. The molecule has 0 amide bonds. The molecule has 1 spiro atoms. The summed E-state index contributed by atoms with van der Waals surface area (Å²) in [5.41, 5.74) is 3.01. The molecule has 0 heterocycles. The lowest BCUT2D eigenvalue weighted by Crippen LogP contribution is -2.27. The molecular formula is C23H38. The molecule has 6 saturated carbocycles. The smallest absolute Gasteiger partial charge is 0.0136 e. The Morgan fingerprint density at radius 3 is 2.13 bits per heavy atom. The second kappa shape index (κ2) is 4.04. The van der Waals surface area contributed by atoms with Crippen molar-refractivity contribution in [1.29, 1.82) is 0 Å². The second-order valence-corrected chi connectivity index (χ2v) is 11.2. The van der Waals surface area contributed by atoms with Crippen LogP contribution in [0.2, 0.25) is 0 Å². The van der Waals surface area contributed by atoms with Crippen LogP contribution in [0.5, 0.6) is 0 Å². The summed E-state index contributed by atoms with van der Waals surface area (Å²) in [6.07, 6.45) is 10.5. The molecule has 8 unspecified atom stereocenters. The van der Waals surface area contributed by atoms with Crippen molar-refractivity contribution in [2.45, 2.75) is 86.5 Å². The van der Waals surface area contributed by atoms with Crippen LogP contribution in [-0.2, 0) is 0 Å². The minimum Gasteiger partial charge on any atom is -0.0654 e. The quantitative estimate of drug-likeness (QED) is 0.554. The van der Waals surface area contributed by atoms with Crippen LogP contribution < -0.4 is 0 Å². The predicted octanol–water partition coefficient (Wildman–Crippen LogP) is 6.55. The van der Waals surface area contributed by atoms with Crippen LogP contribution in [0.4, 0.5) is 0 Å². The summed E-state index contributed by atoms with van der Waals surface area (Å²) in [6, 6.07) is 0. The Balaban J connectivity index is 1.58. The van der Waals surface area contributed by atoms with Crippen molar-refractivity contribution in [3.8, 4) is 0 Å². The van der Waals surface area contributed by atoms with Gasteiger partial charge in [-0.2, -0.15) is 0 Å². The third-order valence-electron chi connectivity index (χ3n) is 10.7. The molecule has 23 heavy (non-hydrogen) atoms. The van der Waals surface area contributed by atoms with E-state index in [1.54, 1.807) is 6.42 Å². The molecule has 6 aliphatic rings. The Bertz CT molecular complexity index is 536. The molecule has 2 bridgehead atoms. The fourth-order valence-corrected chi connectivity index (χ4v) is 10.2. The summed E-state index contributed by atoms with van der Waals surface area (Å²) in [4.78, 5) is 0. The van der Waals surface area contributed by atoms with E-state index in [0.29, 0.717) is 5.41 Å². The minimum absolute atomic E-state index is 0.687. The Morgan fingerprint density at radius 1 is 0.913 bits per heavy atom. The molecule has 0 radical (unpaired) electrons. The van der Waals surface area contributed by atoms with Crippen molar-refractivity contribution in [2.24, 2.45) is 57.2 Å². The maximum absolute atomic E-state index is 2.78. The molecule has 6 rings (SSSR count). The van der Waals surface area contributed by atoms with Gasteiger partial charge in [0, 0.05) is 0 Å². The van der Waals surface area contributed by atoms with E-state index in [0.717, 1.165) is 51.8 Å². The molecule has 130 valence electrons. The summed E-state index contributed by atoms with van der Waals surface area (Å²) in [5, 5.41) is 0. The molecular weight excluding hydrogens is 276 g/mol. The molecule has 6 fully saturated rings. The van der Waals surface area contributed by atoms with Crippen LogP contribution in [0.1, 0.15) is 86.5 Å². The monoisotopic (exact) mass is 314 g/mol. The zero-order valence-corrected chi connectivity index (χ0v) is 16.4. The summed E-state index contributed by atoms with van der Waals surface area (Å²) in [5.74, 6) is 6.35. The first-order valence-electron chi connectivity index (χ1n) is 10.8. The second-order valence-electron chi connectivity index (χ2n) is 11.2. The highest BCUT2D eigenvalue weighted by molar-refractivity contribution is 5.52. The van der Waals surface area contributed by atoms with Crippen molar-refractivity contribution in [3.63, 3.8) is 0 Å². The highest BCUT2D eigenvalue weighted by Gasteiger charge is 3.05. The number of hydrogen-bond acceptors (Lipinski definition) is 0. The number of fused-ring (bicyclic) bond motifs is 1. The lowest BCUT2D eigenvalue weighted by Gasteiger charge is -2.34. The Morgan fingerprint density at radius 2 is 1.61 bits per heavy atom. The molecule has 0 aromatic carbocycles. The molecule has 0 heteroatoms. The van der Waals surface area contributed by atoms with Gasteiger partial charge in [-0.25, -0.2) is 0 Å². The largest absolute Gasteiger partial charge is 0.0654 e. The van der Waals surface area contributed by atoms with Crippen LogP contribution in [-0.4, -0.2) is 0 Å². The lowest BCUT2D eigenvalue weighted by molar-refractivity contribution is 0.149. The third kappa shape index (κ3) is 1.31. The van der Waals surface area contributed by atoms with Gasteiger partial charge in [0.05, 0.1) is 0 Å². The van der Waals surface area contributed by atoms with Crippen molar-refractivity contribution in [2.75, 3.05) is 0 Å². The summed E-state index contributed by atoms with van der Waals surface area (Å²) >= 11 is 0. The van der Waals surface area contributed by atoms with Gasteiger partial charge >= 0.3 is 0 Å². The molecule has 8 atom stereocenters. The molecule has 0 aromatic heterocycles. The van der Waals surface area contributed by atoms with Gasteiger partial charge in [0.25, 0.3) is 0 Å². The van der Waals surface area contributed by atoms with Gasteiger partial charge in [0.2, 0.25) is 0 Å². The van der Waals surface area contributed by atoms with E-state index in [4.69, 9.17) is 0 Å². The lowest BCUT2D eigenvalue weighted by atomic mass is 9.71. The summed E-state index contributed by atoms with van der Waals surface area (Å²) in [6.45, 7) is 15.6. The normalized spacial score (nSPS) is 68.1. The van der Waals surface area contributed by atoms with E-state index >= 15 is 0 Å². The molecule has 0 aliphatic heterocycles. The van der Waals surface area contributed by atoms with E-state index in [2.05, 4.69) is 41.5 Å². The SMILES string of the molecule is CCCC1CCC(C)CC(CC)C2(C)C1C21CC2(C)C3C2C31C. The maximum Gasteiger partial charge on any atom is -0.0136 e. The van der Waals surface area contributed by atoms with E-state index in [1.807, 2.05) is 0 Å². The standard InChI is InChI=1S/C23H38/c1-7-9-15-11-10-14(3)12-16(8-2)21(5)17(15)23(21)13-20(4)18-19(20)22(18,23)6/h14-19H,7-13H2,1-6H3. The molecule has 0 saturated heterocycles. The average Bonchev–Trinajstić information content (AvgIpc) is 3.39. The summed E-state index contributed by atoms with van der Waals surface area (Å²) in [7, 11) is 0. The first-order valence-corrected chi connectivity index (χ1v) is 10.8. The van der Waals surface area contributed by atoms with E-state index in [1.165, 1.54) is 38.5 Å². The maximum atomic E-state index is 2.78. The number of rotatable bonds is 3. The fourth-order valence-electron chi connectivity index (χ4n) is 10.2. The van der Waals surface area contributed by atoms with Gasteiger partial charge < -0.3 is 0 Å². The minimum atomic E-state index is 0.687. The van der Waals surface area contributed by atoms with E-state index in [9.17, 15) is 0 Å². The highest BCUT2D eigenvalue weighted by Crippen LogP contribution is 3.09. The van der Waals surface area contributed by atoms with Gasteiger partial charge in [-0.3, -0.25) is 0 Å². The third-order valence-corrected chi connectivity index (χ3v) is 10.7. The van der Waals surface area contributed by atoms with Crippen molar-refractivity contribution >= 4 is 0 Å². The van der Waals surface area contributed by atoms with Crippen LogP contribution in [0.15, 0.2) is 0 Å². The van der Waals surface area contributed by atoms with Crippen LogP contribution in [0.25, 0.3) is 0 Å². The van der Waals surface area contributed by atoms with Gasteiger partial charge in [0.1, 0.15) is 0 Å². The van der Waals surface area contributed by atoms with Crippen LogP contribution in [0, 0.1) is 57.2 Å². The first kappa shape index (κ1) is 15.3. The van der Waals surface area contributed by atoms with Gasteiger partial charge in [0.15, 0.2) is 0 Å². The van der Waals surface area contributed by atoms with Gasteiger partial charge in [-0.15, -0.1) is 0 Å². The Kier molecular flexibility index (Phi) is 2.68. The summed E-state index contributed by atoms with van der Waals surface area (Å²) < 4.78 is 0. The zero-order valence-electron chi connectivity index (χ0n) is 16.4. The average molecular weight is 315 g/mol. The van der Waals surface area contributed by atoms with Crippen molar-refractivity contribution in [1.82, 2.24) is 0 Å². The zero-order chi connectivity index (χ0) is 16.4. The molecule has 6 aliphatic carbocycles. The first-order chi connectivity index (χ1) is 10.8.